The summed E-state index contributed by atoms with van der Waals surface area (Å²) >= 11 is 0. The van der Waals surface area contributed by atoms with Crippen LogP contribution in [0.1, 0.15) is 28.4 Å². The van der Waals surface area contributed by atoms with Gasteiger partial charge >= 0.3 is 0 Å². The van der Waals surface area contributed by atoms with Crippen molar-refractivity contribution in [1.82, 2.24) is 5.32 Å². The monoisotopic (exact) mass is 505 g/mol. The SMILES string of the molecule is N=C/C(=C\N)c1ccc(-c2ccc(C3N=C(c4ccccc4)N=C(c4ccccc4)N3)cc2)c2ccccc12. The highest BCUT2D eigenvalue weighted by molar-refractivity contribution is 6.15. The topological polar surface area (TPSA) is 86.6 Å². The highest BCUT2D eigenvalue weighted by atomic mass is 15.2. The molecule has 1 heterocycles. The van der Waals surface area contributed by atoms with Gasteiger partial charge in [-0.2, -0.15) is 0 Å². The van der Waals surface area contributed by atoms with Gasteiger partial charge in [-0.1, -0.05) is 121 Å². The molecule has 39 heavy (non-hydrogen) atoms. The van der Waals surface area contributed by atoms with Crippen molar-refractivity contribution in [2.75, 3.05) is 0 Å². The number of nitrogens with two attached hydrogens (primary N) is 1. The summed E-state index contributed by atoms with van der Waals surface area (Å²) < 4.78 is 0. The summed E-state index contributed by atoms with van der Waals surface area (Å²) in [4.78, 5) is 9.84. The molecule has 5 nitrogen and oxygen atoms in total. The first-order chi connectivity index (χ1) is 19.2. The molecule has 4 N–H and O–H groups in total. The lowest BCUT2D eigenvalue weighted by Gasteiger charge is -2.24. The minimum absolute atomic E-state index is 0.272. The van der Waals surface area contributed by atoms with Gasteiger partial charge in [0.1, 0.15) is 12.0 Å². The van der Waals surface area contributed by atoms with E-state index in [1.807, 2.05) is 66.7 Å². The first-order valence-corrected chi connectivity index (χ1v) is 12.8. The van der Waals surface area contributed by atoms with E-state index in [4.69, 9.17) is 21.1 Å². The van der Waals surface area contributed by atoms with Gasteiger partial charge in [0.15, 0.2) is 5.84 Å². The van der Waals surface area contributed by atoms with Crippen molar-refractivity contribution in [1.29, 1.82) is 5.41 Å². The minimum atomic E-state index is -0.272. The molecule has 0 bridgehead atoms. The molecular formula is C34H27N5. The molecule has 0 fully saturated rings. The van der Waals surface area contributed by atoms with Crippen LogP contribution < -0.4 is 11.1 Å². The van der Waals surface area contributed by atoms with Crippen molar-refractivity contribution in [2.24, 2.45) is 15.7 Å². The van der Waals surface area contributed by atoms with Crippen molar-refractivity contribution < 1.29 is 0 Å². The Bertz CT molecular complexity index is 1730. The van der Waals surface area contributed by atoms with Crippen molar-refractivity contribution in [2.45, 2.75) is 6.17 Å². The summed E-state index contributed by atoms with van der Waals surface area (Å²) in [6.45, 7) is 0. The molecule has 0 amide bonds. The van der Waals surface area contributed by atoms with E-state index in [1.54, 1.807) is 0 Å². The number of amidine groups is 2. The Morgan fingerprint density at radius 1 is 0.692 bits per heavy atom. The predicted molar refractivity (Wildman–Crippen MR) is 162 cm³/mol. The second kappa shape index (κ2) is 10.6. The van der Waals surface area contributed by atoms with Crippen LogP contribution in [0.5, 0.6) is 0 Å². The fourth-order valence-corrected chi connectivity index (χ4v) is 4.94. The second-order valence-corrected chi connectivity index (χ2v) is 9.29. The Balaban J connectivity index is 1.38. The van der Waals surface area contributed by atoms with Gasteiger partial charge in [0, 0.05) is 29.1 Å². The molecular weight excluding hydrogens is 478 g/mol. The smallest absolute Gasteiger partial charge is 0.159 e. The Labute approximate surface area is 227 Å². The normalized spacial score (nSPS) is 15.3. The fourth-order valence-electron chi connectivity index (χ4n) is 4.94. The first-order valence-electron chi connectivity index (χ1n) is 12.8. The van der Waals surface area contributed by atoms with Gasteiger partial charge in [-0.3, -0.25) is 0 Å². The average Bonchev–Trinajstić information content (AvgIpc) is 3.02. The van der Waals surface area contributed by atoms with Gasteiger partial charge in [0.2, 0.25) is 0 Å². The Morgan fingerprint density at radius 2 is 1.33 bits per heavy atom. The molecule has 0 aromatic heterocycles. The number of benzene rings is 5. The minimum Gasteiger partial charge on any atom is -0.404 e. The maximum atomic E-state index is 7.75. The Kier molecular flexibility index (Phi) is 6.54. The van der Waals surface area contributed by atoms with Gasteiger partial charge < -0.3 is 16.5 Å². The highest BCUT2D eigenvalue weighted by Gasteiger charge is 2.21. The number of nitrogens with one attached hydrogen (secondary N) is 2. The van der Waals surface area contributed by atoms with Crippen LogP contribution in [-0.4, -0.2) is 17.9 Å². The molecule has 0 spiro atoms. The molecule has 188 valence electrons. The van der Waals surface area contributed by atoms with Crippen LogP contribution in [-0.2, 0) is 0 Å². The van der Waals surface area contributed by atoms with E-state index in [9.17, 15) is 0 Å². The summed E-state index contributed by atoms with van der Waals surface area (Å²) in [5.41, 5.74) is 12.7. The third-order valence-electron chi connectivity index (χ3n) is 6.93. The third kappa shape index (κ3) is 4.74. The molecule has 0 saturated carbocycles. The van der Waals surface area contributed by atoms with Crippen LogP contribution in [0.15, 0.2) is 138 Å². The lowest BCUT2D eigenvalue weighted by molar-refractivity contribution is 0.674. The van der Waals surface area contributed by atoms with Crippen LogP contribution in [0.3, 0.4) is 0 Å². The largest absolute Gasteiger partial charge is 0.404 e. The number of aliphatic imine (C=N–C) groups is 2. The molecule has 1 aliphatic heterocycles. The maximum absolute atomic E-state index is 7.75. The second-order valence-electron chi connectivity index (χ2n) is 9.29. The fraction of sp³-hybridized carbons (Fsp3) is 0.0294. The molecule has 5 heteroatoms. The number of allylic oxidation sites excluding steroid dienone is 1. The molecule has 0 aliphatic carbocycles. The van der Waals surface area contributed by atoms with Gasteiger partial charge in [0.05, 0.1) is 0 Å². The molecule has 1 atom stereocenters. The molecule has 0 saturated heterocycles. The van der Waals surface area contributed by atoms with Crippen molar-refractivity contribution in [3.05, 3.63) is 150 Å². The first kappa shape index (κ1) is 24.1. The van der Waals surface area contributed by atoms with E-state index < -0.39 is 0 Å². The Morgan fingerprint density at radius 3 is 2.00 bits per heavy atom. The number of fused-ring (bicyclic) bond motifs is 1. The molecule has 1 aliphatic rings. The van der Waals surface area contributed by atoms with E-state index in [-0.39, 0.29) is 6.17 Å². The van der Waals surface area contributed by atoms with Gasteiger partial charge in [-0.25, -0.2) is 9.98 Å². The molecule has 5 aromatic carbocycles. The predicted octanol–water partition coefficient (Wildman–Crippen LogP) is 6.95. The molecule has 1 unspecified atom stereocenters. The van der Waals surface area contributed by atoms with Crippen LogP contribution in [0.2, 0.25) is 0 Å². The van der Waals surface area contributed by atoms with Crippen LogP contribution in [0.25, 0.3) is 27.5 Å². The number of hydrogen-bond donors (Lipinski definition) is 3. The van der Waals surface area contributed by atoms with E-state index in [0.717, 1.165) is 50.0 Å². The van der Waals surface area contributed by atoms with E-state index >= 15 is 0 Å². The van der Waals surface area contributed by atoms with Crippen molar-refractivity contribution >= 4 is 34.2 Å². The third-order valence-corrected chi connectivity index (χ3v) is 6.93. The van der Waals surface area contributed by atoms with Crippen LogP contribution >= 0.6 is 0 Å². The number of nitrogens with zero attached hydrogens (tertiary/aromatic N) is 2. The van der Waals surface area contributed by atoms with E-state index in [2.05, 4.69) is 59.9 Å². The summed E-state index contributed by atoms with van der Waals surface area (Å²) in [5, 5.41) is 13.5. The lowest BCUT2D eigenvalue weighted by atomic mass is 9.92. The van der Waals surface area contributed by atoms with Crippen molar-refractivity contribution in [3.8, 4) is 11.1 Å². The zero-order valence-electron chi connectivity index (χ0n) is 21.3. The average molecular weight is 506 g/mol. The summed E-state index contributed by atoms with van der Waals surface area (Å²) in [7, 11) is 0. The van der Waals surface area contributed by atoms with Crippen LogP contribution in [0.4, 0.5) is 0 Å². The summed E-state index contributed by atoms with van der Waals surface area (Å²) in [6, 6.07) is 41.1. The Hall–Kier alpha value is -5.29. The summed E-state index contributed by atoms with van der Waals surface area (Å²) in [5.74, 6) is 1.51. The zero-order valence-corrected chi connectivity index (χ0v) is 21.3. The van der Waals surface area contributed by atoms with E-state index in [0.29, 0.717) is 11.4 Å². The van der Waals surface area contributed by atoms with Gasteiger partial charge in [0.25, 0.3) is 0 Å². The maximum Gasteiger partial charge on any atom is 0.159 e. The van der Waals surface area contributed by atoms with Crippen molar-refractivity contribution in [3.63, 3.8) is 0 Å². The number of hydrogen-bond acceptors (Lipinski definition) is 5. The van der Waals surface area contributed by atoms with Crippen LogP contribution in [0, 0.1) is 5.41 Å². The molecule has 5 aromatic rings. The highest BCUT2D eigenvalue weighted by Crippen LogP contribution is 2.34. The van der Waals surface area contributed by atoms with Gasteiger partial charge in [-0.05, 0) is 33.0 Å². The van der Waals surface area contributed by atoms with Gasteiger partial charge in [-0.15, -0.1) is 0 Å². The van der Waals surface area contributed by atoms with E-state index in [1.165, 1.54) is 12.4 Å². The summed E-state index contributed by atoms with van der Waals surface area (Å²) in [6.07, 6.45) is 2.51. The molecule has 6 rings (SSSR count). The number of rotatable bonds is 6. The molecule has 0 radical (unpaired) electrons. The standard InChI is InChI=1S/C34H27N5/c35-21-27(22-36)29-20-19-28(30-13-7-8-14-31(29)30)23-15-17-26(18-16-23)34-38-32(24-9-3-1-4-10-24)37-33(39-34)25-11-5-2-6-12-25/h1-22,34-35H,36H2,(H,37,38,39)/b27-22+,35-21?. The quantitative estimate of drug-likeness (QED) is 0.218. The zero-order chi connectivity index (χ0) is 26.6. The lowest BCUT2D eigenvalue weighted by Crippen LogP contribution is -2.33.